The molecule has 0 aliphatic carbocycles. The van der Waals surface area contributed by atoms with Crippen molar-refractivity contribution in [2.75, 3.05) is 19.0 Å². The maximum atomic E-state index is 12.3. The first-order valence-electron chi connectivity index (χ1n) is 8.15. The number of rotatable bonds is 6. The molecule has 3 aromatic rings. The lowest BCUT2D eigenvalue weighted by molar-refractivity contribution is 0.0527. The number of esters is 1. The Morgan fingerprint density at radius 3 is 2.64 bits per heavy atom. The number of benzene rings is 2. The van der Waals surface area contributed by atoms with Crippen LogP contribution in [0.2, 0.25) is 0 Å². The Labute approximate surface area is 146 Å². The Hall–Kier alpha value is -3.08. The van der Waals surface area contributed by atoms with E-state index in [1.54, 1.807) is 14.0 Å². The van der Waals surface area contributed by atoms with Crippen molar-refractivity contribution >= 4 is 22.6 Å². The fourth-order valence-corrected chi connectivity index (χ4v) is 2.70. The second-order valence-electron chi connectivity index (χ2n) is 5.46. The fraction of sp³-hybridized carbons (Fsp3) is 0.200. The maximum absolute atomic E-state index is 12.3. The van der Waals surface area contributed by atoms with E-state index < -0.39 is 5.97 Å². The van der Waals surface area contributed by atoms with E-state index in [2.05, 4.69) is 10.3 Å². The number of ether oxygens (including phenoxy) is 2. The van der Waals surface area contributed by atoms with E-state index in [9.17, 15) is 4.79 Å². The molecule has 0 aliphatic heterocycles. The molecule has 0 unspecified atom stereocenters. The van der Waals surface area contributed by atoms with Crippen molar-refractivity contribution in [2.24, 2.45) is 0 Å². The lowest BCUT2D eigenvalue weighted by Crippen LogP contribution is -2.11. The van der Waals surface area contributed by atoms with Crippen LogP contribution in [0, 0.1) is 0 Å². The summed E-state index contributed by atoms with van der Waals surface area (Å²) < 4.78 is 10.6. The number of fused-ring (bicyclic) bond motifs is 1. The third-order valence-corrected chi connectivity index (χ3v) is 3.89. The maximum Gasteiger partial charge on any atom is 0.341 e. The van der Waals surface area contributed by atoms with Crippen LogP contribution in [0.15, 0.2) is 54.7 Å². The summed E-state index contributed by atoms with van der Waals surface area (Å²) in [6.45, 7) is 2.68. The molecule has 128 valence electrons. The van der Waals surface area contributed by atoms with Crippen molar-refractivity contribution in [1.29, 1.82) is 0 Å². The van der Waals surface area contributed by atoms with Crippen molar-refractivity contribution in [3.8, 4) is 5.75 Å². The minimum Gasteiger partial charge on any atom is -0.494 e. The first-order chi connectivity index (χ1) is 12.2. The number of anilines is 1. The van der Waals surface area contributed by atoms with Gasteiger partial charge in [0.1, 0.15) is 16.8 Å². The normalized spacial score (nSPS) is 10.5. The van der Waals surface area contributed by atoms with Crippen LogP contribution < -0.4 is 10.1 Å². The molecule has 3 rings (SSSR count). The molecule has 0 atom stereocenters. The van der Waals surface area contributed by atoms with Gasteiger partial charge in [0.2, 0.25) is 0 Å². The van der Waals surface area contributed by atoms with Crippen molar-refractivity contribution in [1.82, 2.24) is 4.98 Å². The Kier molecular flexibility index (Phi) is 5.14. The largest absolute Gasteiger partial charge is 0.494 e. The van der Waals surface area contributed by atoms with Crippen LogP contribution in [-0.2, 0) is 11.3 Å². The molecule has 0 fully saturated rings. The number of pyridine rings is 1. The predicted octanol–water partition coefficient (Wildman–Crippen LogP) is 4.03. The SMILES string of the molecule is CCOC(=O)c1cnc2c(OC)cccc2c1NCc1ccccc1. The van der Waals surface area contributed by atoms with Gasteiger partial charge >= 0.3 is 5.97 Å². The highest BCUT2D eigenvalue weighted by Gasteiger charge is 2.18. The summed E-state index contributed by atoms with van der Waals surface area (Å²) in [5, 5.41) is 4.19. The first kappa shape index (κ1) is 16.8. The zero-order valence-electron chi connectivity index (χ0n) is 14.3. The van der Waals surface area contributed by atoms with Crippen molar-refractivity contribution in [3.05, 3.63) is 65.9 Å². The summed E-state index contributed by atoms with van der Waals surface area (Å²) in [7, 11) is 1.60. The fourth-order valence-electron chi connectivity index (χ4n) is 2.70. The Morgan fingerprint density at radius 1 is 1.12 bits per heavy atom. The van der Waals surface area contributed by atoms with E-state index in [1.165, 1.54) is 6.20 Å². The molecule has 5 heteroatoms. The number of nitrogens with one attached hydrogen (secondary N) is 1. The molecule has 25 heavy (non-hydrogen) atoms. The van der Waals surface area contributed by atoms with Gasteiger partial charge < -0.3 is 14.8 Å². The van der Waals surface area contributed by atoms with Crippen LogP contribution in [0.5, 0.6) is 5.75 Å². The van der Waals surface area contributed by atoms with Gasteiger partial charge in [-0.3, -0.25) is 4.98 Å². The smallest absolute Gasteiger partial charge is 0.341 e. The first-order valence-corrected chi connectivity index (χ1v) is 8.15. The van der Waals surface area contributed by atoms with Gasteiger partial charge in [-0.05, 0) is 18.6 Å². The standard InChI is InChI=1S/C20H20N2O3/c1-3-25-20(23)16-13-22-19-15(10-7-11-17(19)24-2)18(16)21-12-14-8-5-4-6-9-14/h4-11,13H,3,12H2,1-2H3,(H,21,22). The van der Waals surface area contributed by atoms with E-state index in [4.69, 9.17) is 9.47 Å². The van der Waals surface area contributed by atoms with E-state index in [-0.39, 0.29) is 0 Å². The molecule has 1 N–H and O–H groups in total. The van der Waals surface area contributed by atoms with Crippen LogP contribution in [0.4, 0.5) is 5.69 Å². The molecular formula is C20H20N2O3. The highest BCUT2D eigenvalue weighted by molar-refractivity contribution is 6.06. The second-order valence-corrected chi connectivity index (χ2v) is 5.46. The molecule has 2 aromatic carbocycles. The lowest BCUT2D eigenvalue weighted by atomic mass is 10.1. The predicted molar refractivity (Wildman–Crippen MR) is 98.0 cm³/mol. The summed E-state index contributed by atoms with van der Waals surface area (Å²) in [6, 6.07) is 15.6. The van der Waals surface area contributed by atoms with Gasteiger partial charge in [-0.25, -0.2) is 4.79 Å². The van der Waals surface area contributed by atoms with E-state index >= 15 is 0 Å². The number of carbonyl (C=O) groups excluding carboxylic acids is 1. The van der Waals surface area contributed by atoms with Crippen LogP contribution in [-0.4, -0.2) is 24.7 Å². The molecule has 5 nitrogen and oxygen atoms in total. The average Bonchev–Trinajstić information content (AvgIpc) is 2.66. The van der Waals surface area contributed by atoms with Gasteiger partial charge in [-0.15, -0.1) is 0 Å². The number of para-hydroxylation sites is 1. The molecule has 1 aromatic heterocycles. The van der Waals surface area contributed by atoms with Crippen LogP contribution >= 0.6 is 0 Å². The number of hydrogen-bond acceptors (Lipinski definition) is 5. The Bertz CT molecular complexity index is 879. The highest BCUT2D eigenvalue weighted by atomic mass is 16.5. The lowest BCUT2D eigenvalue weighted by Gasteiger charge is -2.15. The van der Waals surface area contributed by atoms with Crippen LogP contribution in [0.25, 0.3) is 10.9 Å². The van der Waals surface area contributed by atoms with E-state index in [0.29, 0.717) is 35.7 Å². The van der Waals surface area contributed by atoms with E-state index in [1.807, 2.05) is 48.5 Å². The summed E-state index contributed by atoms with van der Waals surface area (Å²) in [6.07, 6.45) is 1.54. The number of aromatic nitrogens is 1. The quantitative estimate of drug-likeness (QED) is 0.689. The summed E-state index contributed by atoms with van der Waals surface area (Å²) in [4.78, 5) is 16.7. The number of carbonyl (C=O) groups is 1. The zero-order valence-corrected chi connectivity index (χ0v) is 14.3. The van der Waals surface area contributed by atoms with Gasteiger partial charge in [-0.2, -0.15) is 0 Å². The molecule has 1 heterocycles. The van der Waals surface area contributed by atoms with Crippen LogP contribution in [0.1, 0.15) is 22.8 Å². The molecule has 0 amide bonds. The molecule has 0 saturated carbocycles. The minimum absolute atomic E-state index is 0.313. The summed E-state index contributed by atoms with van der Waals surface area (Å²) in [5.41, 5.74) is 2.93. The molecule has 0 aliphatic rings. The monoisotopic (exact) mass is 336 g/mol. The van der Waals surface area contributed by atoms with Gasteiger partial charge in [0.05, 0.1) is 19.4 Å². The topological polar surface area (TPSA) is 60.5 Å². The third-order valence-electron chi connectivity index (χ3n) is 3.89. The highest BCUT2D eigenvalue weighted by Crippen LogP contribution is 2.32. The average molecular weight is 336 g/mol. The Balaban J connectivity index is 2.07. The molecule has 0 spiro atoms. The minimum atomic E-state index is -0.393. The van der Waals surface area contributed by atoms with Gasteiger partial charge in [0, 0.05) is 18.1 Å². The van der Waals surface area contributed by atoms with Crippen molar-refractivity contribution in [2.45, 2.75) is 13.5 Å². The number of hydrogen-bond donors (Lipinski definition) is 1. The number of methoxy groups -OCH3 is 1. The molecule has 0 bridgehead atoms. The molecule has 0 saturated heterocycles. The third kappa shape index (κ3) is 3.55. The van der Waals surface area contributed by atoms with Gasteiger partial charge in [0.25, 0.3) is 0 Å². The number of nitrogens with zero attached hydrogens (tertiary/aromatic N) is 1. The summed E-state index contributed by atoms with van der Waals surface area (Å²) in [5.74, 6) is 0.269. The van der Waals surface area contributed by atoms with Gasteiger partial charge in [0.15, 0.2) is 0 Å². The zero-order chi connectivity index (χ0) is 17.6. The van der Waals surface area contributed by atoms with Gasteiger partial charge in [-0.1, -0.05) is 42.5 Å². The second kappa shape index (κ2) is 7.66. The van der Waals surface area contributed by atoms with Crippen molar-refractivity contribution in [3.63, 3.8) is 0 Å². The summed E-state index contributed by atoms with van der Waals surface area (Å²) >= 11 is 0. The van der Waals surface area contributed by atoms with E-state index in [0.717, 1.165) is 10.9 Å². The molecule has 0 radical (unpaired) electrons. The Morgan fingerprint density at radius 2 is 1.92 bits per heavy atom. The molecular weight excluding hydrogens is 316 g/mol. The van der Waals surface area contributed by atoms with Crippen LogP contribution in [0.3, 0.4) is 0 Å². The van der Waals surface area contributed by atoms with Crippen molar-refractivity contribution < 1.29 is 14.3 Å².